The van der Waals surface area contributed by atoms with Gasteiger partial charge in [-0.05, 0) is 24.1 Å². The molecule has 0 aliphatic carbocycles. The van der Waals surface area contributed by atoms with Crippen LogP contribution in [-0.2, 0) is 14.3 Å². The Balaban J connectivity index is 2.67. The summed E-state index contributed by atoms with van der Waals surface area (Å²) in [6.45, 7) is 2.08. The van der Waals surface area contributed by atoms with Crippen molar-refractivity contribution in [1.29, 1.82) is 0 Å². The third-order valence-electron chi connectivity index (χ3n) is 3.31. The van der Waals surface area contributed by atoms with Crippen molar-refractivity contribution in [3.63, 3.8) is 0 Å². The molecule has 1 aromatic rings. The van der Waals surface area contributed by atoms with E-state index in [2.05, 4.69) is 5.32 Å². The lowest BCUT2D eigenvalue weighted by Crippen LogP contribution is -2.34. The molecule has 0 bridgehead atoms. The molecule has 2 amide bonds. The Hall–Kier alpha value is -2.77. The standard InChI is InChI=1S/C17H24N2O6/c1-4-5-10-24-17(23)18-15(16(21)22)12-6-8-13(9-7-12)25-11-14(20)19(2)3/h6-9,15H,4-5,10-11H2,1-3H3,(H,18,23)(H,21,22). The Morgan fingerprint density at radius 2 is 1.84 bits per heavy atom. The summed E-state index contributed by atoms with van der Waals surface area (Å²) < 4.78 is 10.2. The lowest BCUT2D eigenvalue weighted by atomic mass is 10.1. The van der Waals surface area contributed by atoms with Crippen LogP contribution >= 0.6 is 0 Å². The molecule has 0 heterocycles. The maximum Gasteiger partial charge on any atom is 0.408 e. The second-order valence-electron chi connectivity index (χ2n) is 5.55. The zero-order valence-electron chi connectivity index (χ0n) is 14.7. The fraction of sp³-hybridized carbons (Fsp3) is 0.471. The molecule has 0 aliphatic rings. The van der Waals surface area contributed by atoms with Gasteiger partial charge in [0, 0.05) is 14.1 Å². The van der Waals surface area contributed by atoms with Crippen molar-refractivity contribution in [1.82, 2.24) is 10.2 Å². The zero-order chi connectivity index (χ0) is 18.8. The van der Waals surface area contributed by atoms with Gasteiger partial charge >= 0.3 is 12.1 Å². The average molecular weight is 352 g/mol. The number of rotatable bonds is 9. The minimum absolute atomic E-state index is 0.114. The zero-order valence-corrected chi connectivity index (χ0v) is 14.7. The number of carbonyl (C=O) groups excluding carboxylic acids is 2. The molecule has 1 atom stereocenters. The number of amides is 2. The quantitative estimate of drug-likeness (QED) is 0.657. The van der Waals surface area contributed by atoms with E-state index in [0.29, 0.717) is 17.7 Å². The molecule has 0 aromatic heterocycles. The number of carboxylic acids is 1. The fourth-order valence-electron chi connectivity index (χ4n) is 1.79. The van der Waals surface area contributed by atoms with E-state index >= 15 is 0 Å². The third kappa shape index (κ3) is 7.11. The molecule has 138 valence electrons. The molecule has 8 nitrogen and oxygen atoms in total. The lowest BCUT2D eigenvalue weighted by Gasteiger charge is -2.16. The van der Waals surface area contributed by atoms with Crippen molar-refractivity contribution in [3.05, 3.63) is 29.8 Å². The Morgan fingerprint density at radius 1 is 1.20 bits per heavy atom. The van der Waals surface area contributed by atoms with Crippen LogP contribution in [0.1, 0.15) is 31.4 Å². The van der Waals surface area contributed by atoms with Crippen LogP contribution < -0.4 is 10.1 Å². The van der Waals surface area contributed by atoms with Crippen molar-refractivity contribution < 1.29 is 29.0 Å². The molecule has 0 radical (unpaired) electrons. The van der Waals surface area contributed by atoms with Crippen LogP contribution in [0.3, 0.4) is 0 Å². The number of nitrogens with one attached hydrogen (secondary N) is 1. The maximum atomic E-state index is 11.7. The summed E-state index contributed by atoms with van der Waals surface area (Å²) in [5.41, 5.74) is 0.367. The number of hydrogen-bond donors (Lipinski definition) is 2. The molecule has 1 unspecified atom stereocenters. The predicted octanol–water partition coefficient (Wildman–Crippen LogP) is 1.81. The van der Waals surface area contributed by atoms with Gasteiger partial charge in [-0.1, -0.05) is 25.5 Å². The van der Waals surface area contributed by atoms with Gasteiger partial charge in [-0.3, -0.25) is 4.79 Å². The largest absolute Gasteiger partial charge is 0.484 e. The first-order valence-electron chi connectivity index (χ1n) is 7.94. The second-order valence-corrected chi connectivity index (χ2v) is 5.55. The summed E-state index contributed by atoms with van der Waals surface area (Å²) in [4.78, 5) is 35.9. The highest BCUT2D eigenvalue weighted by Crippen LogP contribution is 2.18. The van der Waals surface area contributed by atoms with Crippen LogP contribution in [0.5, 0.6) is 5.75 Å². The van der Waals surface area contributed by atoms with Gasteiger partial charge in [0.15, 0.2) is 12.6 Å². The van der Waals surface area contributed by atoms with Crippen molar-refractivity contribution in [2.75, 3.05) is 27.3 Å². The Kier molecular flexibility index (Phi) is 8.25. The molecule has 25 heavy (non-hydrogen) atoms. The van der Waals surface area contributed by atoms with E-state index in [1.807, 2.05) is 6.92 Å². The molecular formula is C17H24N2O6. The molecule has 0 fully saturated rings. The smallest absolute Gasteiger partial charge is 0.408 e. The minimum Gasteiger partial charge on any atom is -0.484 e. The number of unbranched alkanes of at least 4 members (excludes halogenated alkanes) is 1. The Labute approximate surface area is 146 Å². The SMILES string of the molecule is CCCCOC(=O)NC(C(=O)O)c1ccc(OCC(=O)N(C)C)cc1. The van der Waals surface area contributed by atoms with Gasteiger partial charge in [-0.25, -0.2) is 9.59 Å². The van der Waals surface area contributed by atoms with E-state index < -0.39 is 18.1 Å². The maximum absolute atomic E-state index is 11.7. The van der Waals surface area contributed by atoms with Crippen molar-refractivity contribution in [3.8, 4) is 5.75 Å². The highest BCUT2D eigenvalue weighted by atomic mass is 16.5. The predicted molar refractivity (Wildman–Crippen MR) is 90.4 cm³/mol. The van der Waals surface area contributed by atoms with Crippen LogP contribution in [0.2, 0.25) is 0 Å². The van der Waals surface area contributed by atoms with Crippen LogP contribution in [-0.4, -0.2) is 55.3 Å². The van der Waals surface area contributed by atoms with Crippen LogP contribution in [0, 0.1) is 0 Å². The summed E-state index contributed by atoms with van der Waals surface area (Å²) in [5.74, 6) is -0.971. The second kappa shape index (κ2) is 10.2. The molecule has 0 saturated heterocycles. The van der Waals surface area contributed by atoms with Gasteiger partial charge in [-0.15, -0.1) is 0 Å². The van der Waals surface area contributed by atoms with Crippen molar-refractivity contribution in [2.24, 2.45) is 0 Å². The highest BCUT2D eigenvalue weighted by molar-refractivity contribution is 5.81. The van der Waals surface area contributed by atoms with Gasteiger partial charge in [-0.2, -0.15) is 0 Å². The topological polar surface area (TPSA) is 105 Å². The third-order valence-corrected chi connectivity index (χ3v) is 3.31. The molecule has 0 saturated carbocycles. The van der Waals surface area contributed by atoms with E-state index in [-0.39, 0.29) is 19.1 Å². The van der Waals surface area contributed by atoms with E-state index in [1.165, 1.54) is 29.2 Å². The van der Waals surface area contributed by atoms with Crippen LogP contribution in [0.15, 0.2) is 24.3 Å². The van der Waals surface area contributed by atoms with Gasteiger partial charge in [0.05, 0.1) is 6.61 Å². The summed E-state index contributed by atoms with van der Waals surface area (Å²) in [5, 5.41) is 11.6. The normalized spacial score (nSPS) is 11.3. The molecular weight excluding hydrogens is 328 g/mol. The van der Waals surface area contributed by atoms with Crippen molar-refractivity contribution in [2.45, 2.75) is 25.8 Å². The van der Waals surface area contributed by atoms with Gasteiger partial charge < -0.3 is 24.8 Å². The average Bonchev–Trinajstić information content (AvgIpc) is 2.58. The monoisotopic (exact) mass is 352 g/mol. The number of hydrogen-bond acceptors (Lipinski definition) is 5. The summed E-state index contributed by atoms with van der Waals surface area (Å²) in [6, 6.07) is 4.88. The summed E-state index contributed by atoms with van der Waals surface area (Å²) >= 11 is 0. The molecule has 2 N–H and O–H groups in total. The van der Waals surface area contributed by atoms with Gasteiger partial charge in [0.1, 0.15) is 5.75 Å². The number of aliphatic carboxylic acids is 1. The number of alkyl carbamates (subject to hydrolysis) is 1. The van der Waals surface area contributed by atoms with E-state index in [1.54, 1.807) is 14.1 Å². The number of benzene rings is 1. The molecule has 1 rings (SSSR count). The van der Waals surface area contributed by atoms with Crippen LogP contribution in [0.4, 0.5) is 4.79 Å². The number of likely N-dealkylation sites (N-methyl/N-ethyl adjacent to an activating group) is 1. The van der Waals surface area contributed by atoms with Crippen LogP contribution in [0.25, 0.3) is 0 Å². The molecule has 0 spiro atoms. The number of nitrogens with zero attached hydrogens (tertiary/aromatic N) is 1. The molecule has 8 heteroatoms. The summed E-state index contributed by atoms with van der Waals surface area (Å²) in [6.07, 6.45) is 0.800. The fourth-order valence-corrected chi connectivity index (χ4v) is 1.79. The number of ether oxygens (including phenoxy) is 2. The first-order chi connectivity index (χ1) is 11.8. The molecule has 0 aliphatic heterocycles. The molecule has 1 aromatic carbocycles. The minimum atomic E-state index is -1.23. The Morgan fingerprint density at radius 3 is 2.36 bits per heavy atom. The first-order valence-corrected chi connectivity index (χ1v) is 7.94. The first kappa shape index (κ1) is 20.3. The summed E-state index contributed by atoms with van der Waals surface area (Å²) in [7, 11) is 3.25. The highest BCUT2D eigenvalue weighted by Gasteiger charge is 2.22. The number of carboxylic acid groups (broad SMARTS) is 1. The van der Waals surface area contributed by atoms with E-state index in [4.69, 9.17) is 9.47 Å². The lowest BCUT2D eigenvalue weighted by molar-refractivity contribution is -0.139. The van der Waals surface area contributed by atoms with E-state index in [9.17, 15) is 19.5 Å². The Bertz CT molecular complexity index is 585. The number of carbonyl (C=O) groups is 3. The van der Waals surface area contributed by atoms with Crippen molar-refractivity contribution >= 4 is 18.0 Å². The van der Waals surface area contributed by atoms with Gasteiger partial charge in [0.25, 0.3) is 5.91 Å². The van der Waals surface area contributed by atoms with E-state index in [0.717, 1.165) is 6.42 Å². The van der Waals surface area contributed by atoms with Gasteiger partial charge in [0.2, 0.25) is 0 Å².